The van der Waals surface area contributed by atoms with Crippen molar-refractivity contribution in [2.24, 2.45) is 0 Å². The lowest BCUT2D eigenvalue weighted by atomic mass is 10.1. The van der Waals surface area contributed by atoms with Gasteiger partial charge in [0, 0.05) is 5.56 Å². The number of nitrogens with zero attached hydrogens (tertiary/aromatic N) is 2. The molecule has 25 heavy (non-hydrogen) atoms. The highest BCUT2D eigenvalue weighted by atomic mass is 16.5. The summed E-state index contributed by atoms with van der Waals surface area (Å²) in [6, 6.07) is 15.0. The number of hydrogen-bond acceptors (Lipinski definition) is 5. The van der Waals surface area contributed by atoms with Crippen molar-refractivity contribution in [3.8, 4) is 17.2 Å². The van der Waals surface area contributed by atoms with Crippen molar-refractivity contribution in [1.82, 2.24) is 9.78 Å². The second-order valence-corrected chi connectivity index (χ2v) is 5.96. The van der Waals surface area contributed by atoms with Gasteiger partial charge in [-0.25, -0.2) is 4.79 Å². The Hall–Kier alpha value is -2.86. The Labute approximate surface area is 145 Å². The molecule has 0 spiro atoms. The summed E-state index contributed by atoms with van der Waals surface area (Å²) in [5, 5.41) is 14.3. The van der Waals surface area contributed by atoms with E-state index in [9.17, 15) is 9.90 Å². The number of hydrogen-bond donors (Lipinski definition) is 1. The molecule has 0 saturated heterocycles. The molecule has 0 amide bonds. The molecule has 130 valence electrons. The molecule has 6 nitrogen and oxygen atoms in total. The van der Waals surface area contributed by atoms with Crippen LogP contribution in [0.2, 0.25) is 0 Å². The number of ether oxygens (including phenoxy) is 1. The Morgan fingerprint density at radius 1 is 1.20 bits per heavy atom. The van der Waals surface area contributed by atoms with Crippen molar-refractivity contribution in [3.63, 3.8) is 0 Å². The highest BCUT2D eigenvalue weighted by Gasteiger charge is 2.14. The number of benzene rings is 2. The SMILES string of the molecule is Cc1ccc(C)c(OCC(O)Cn2nc(-c3ccccc3)oc2=O)c1. The number of rotatable bonds is 6. The Bertz CT molecular complexity index is 899. The van der Waals surface area contributed by atoms with Gasteiger partial charge in [0.15, 0.2) is 0 Å². The maximum atomic E-state index is 11.9. The fraction of sp³-hybridized carbons (Fsp3) is 0.263. The summed E-state index contributed by atoms with van der Waals surface area (Å²) in [6.07, 6.45) is -0.883. The summed E-state index contributed by atoms with van der Waals surface area (Å²) in [4.78, 5) is 11.9. The lowest BCUT2D eigenvalue weighted by Gasteiger charge is -2.13. The van der Waals surface area contributed by atoms with Gasteiger partial charge in [-0.2, -0.15) is 4.68 Å². The average Bonchev–Trinajstić information content (AvgIpc) is 2.97. The smallest absolute Gasteiger partial charge is 0.437 e. The molecule has 0 aliphatic carbocycles. The first-order valence-electron chi connectivity index (χ1n) is 8.04. The number of aliphatic hydroxyl groups is 1. The third-order valence-corrected chi connectivity index (χ3v) is 3.79. The van der Waals surface area contributed by atoms with Gasteiger partial charge in [-0.1, -0.05) is 30.3 Å². The molecular weight excluding hydrogens is 320 g/mol. The third kappa shape index (κ3) is 4.16. The summed E-state index contributed by atoms with van der Waals surface area (Å²) >= 11 is 0. The van der Waals surface area contributed by atoms with E-state index in [0.29, 0.717) is 5.56 Å². The van der Waals surface area contributed by atoms with Gasteiger partial charge in [0.25, 0.3) is 0 Å². The topological polar surface area (TPSA) is 77.5 Å². The molecule has 0 radical (unpaired) electrons. The van der Waals surface area contributed by atoms with E-state index in [1.165, 1.54) is 0 Å². The quantitative estimate of drug-likeness (QED) is 0.746. The van der Waals surface area contributed by atoms with Gasteiger partial charge in [0.2, 0.25) is 5.89 Å². The van der Waals surface area contributed by atoms with Crippen molar-refractivity contribution in [3.05, 3.63) is 70.2 Å². The van der Waals surface area contributed by atoms with Crippen LogP contribution in [0.1, 0.15) is 11.1 Å². The Morgan fingerprint density at radius 3 is 2.72 bits per heavy atom. The predicted molar refractivity (Wildman–Crippen MR) is 93.6 cm³/mol. The normalized spacial score (nSPS) is 12.1. The molecule has 0 bridgehead atoms. The van der Waals surface area contributed by atoms with Crippen LogP contribution >= 0.6 is 0 Å². The Balaban J connectivity index is 1.65. The van der Waals surface area contributed by atoms with E-state index in [1.807, 2.05) is 50.2 Å². The number of aliphatic hydroxyl groups excluding tert-OH is 1. The molecule has 1 aromatic heterocycles. The Kier molecular flexibility index (Phi) is 5.00. The van der Waals surface area contributed by atoms with Gasteiger partial charge in [0.05, 0.1) is 6.54 Å². The highest BCUT2D eigenvalue weighted by Crippen LogP contribution is 2.19. The summed E-state index contributed by atoms with van der Waals surface area (Å²) < 4.78 is 11.9. The molecule has 0 aliphatic rings. The van der Waals surface area contributed by atoms with Crippen molar-refractivity contribution in [1.29, 1.82) is 0 Å². The molecule has 1 heterocycles. The lowest BCUT2D eigenvalue weighted by Crippen LogP contribution is -2.29. The van der Waals surface area contributed by atoms with E-state index in [2.05, 4.69) is 5.10 Å². The van der Waals surface area contributed by atoms with Crippen LogP contribution in [0.5, 0.6) is 5.75 Å². The van der Waals surface area contributed by atoms with Crippen LogP contribution in [0.3, 0.4) is 0 Å². The molecule has 0 aliphatic heterocycles. The first-order valence-corrected chi connectivity index (χ1v) is 8.04. The predicted octanol–water partition coefficient (Wildman–Crippen LogP) is 2.56. The van der Waals surface area contributed by atoms with Gasteiger partial charge >= 0.3 is 5.76 Å². The maximum Gasteiger partial charge on any atom is 0.437 e. The van der Waals surface area contributed by atoms with Crippen molar-refractivity contribution in [2.45, 2.75) is 26.5 Å². The number of aromatic nitrogens is 2. The fourth-order valence-electron chi connectivity index (χ4n) is 2.42. The molecule has 2 aromatic carbocycles. The van der Waals surface area contributed by atoms with Gasteiger partial charge in [-0.05, 0) is 43.2 Å². The van der Waals surface area contributed by atoms with Crippen LogP contribution in [0, 0.1) is 13.8 Å². The Morgan fingerprint density at radius 2 is 1.96 bits per heavy atom. The second-order valence-electron chi connectivity index (χ2n) is 5.96. The summed E-state index contributed by atoms with van der Waals surface area (Å²) in [7, 11) is 0. The molecule has 3 rings (SSSR count). The van der Waals surface area contributed by atoms with E-state index in [1.54, 1.807) is 12.1 Å². The summed E-state index contributed by atoms with van der Waals surface area (Å²) in [6.45, 7) is 3.97. The average molecular weight is 340 g/mol. The number of aryl methyl sites for hydroxylation is 2. The second kappa shape index (κ2) is 7.36. The minimum atomic E-state index is -0.883. The van der Waals surface area contributed by atoms with Gasteiger partial charge in [0.1, 0.15) is 18.5 Å². The molecule has 1 unspecified atom stereocenters. The molecule has 1 N–H and O–H groups in total. The van der Waals surface area contributed by atoms with Crippen LogP contribution < -0.4 is 10.5 Å². The molecular formula is C19H20N2O4. The van der Waals surface area contributed by atoms with Crippen molar-refractivity contribution >= 4 is 0 Å². The van der Waals surface area contributed by atoms with Gasteiger partial charge < -0.3 is 14.3 Å². The molecule has 1 atom stereocenters. The fourth-order valence-corrected chi connectivity index (χ4v) is 2.42. The third-order valence-electron chi connectivity index (χ3n) is 3.79. The van der Waals surface area contributed by atoms with Crippen LogP contribution in [0.4, 0.5) is 0 Å². The zero-order valence-corrected chi connectivity index (χ0v) is 14.2. The maximum absolute atomic E-state index is 11.9. The molecule has 0 saturated carbocycles. The van der Waals surface area contributed by atoms with Crippen molar-refractivity contribution in [2.75, 3.05) is 6.61 Å². The summed E-state index contributed by atoms with van der Waals surface area (Å²) in [5.41, 5.74) is 2.78. The van der Waals surface area contributed by atoms with Gasteiger partial charge in [-0.3, -0.25) is 0 Å². The molecule has 0 fully saturated rings. The molecule has 3 aromatic rings. The van der Waals surface area contributed by atoms with Crippen LogP contribution in [-0.4, -0.2) is 27.6 Å². The lowest BCUT2D eigenvalue weighted by molar-refractivity contribution is 0.0872. The van der Waals surface area contributed by atoms with E-state index < -0.39 is 11.9 Å². The highest BCUT2D eigenvalue weighted by molar-refractivity contribution is 5.51. The first-order chi connectivity index (χ1) is 12.0. The zero-order chi connectivity index (χ0) is 17.8. The van der Waals surface area contributed by atoms with Gasteiger partial charge in [-0.15, -0.1) is 5.10 Å². The minimum Gasteiger partial charge on any atom is -0.491 e. The molecule has 6 heteroatoms. The van der Waals surface area contributed by atoms with Crippen molar-refractivity contribution < 1.29 is 14.3 Å². The van der Waals surface area contributed by atoms with E-state index in [0.717, 1.165) is 21.6 Å². The van der Waals surface area contributed by atoms with Crippen LogP contribution in [-0.2, 0) is 6.54 Å². The monoisotopic (exact) mass is 340 g/mol. The zero-order valence-electron chi connectivity index (χ0n) is 14.2. The minimum absolute atomic E-state index is 0.0000300. The van der Waals surface area contributed by atoms with Crippen LogP contribution in [0.15, 0.2) is 57.7 Å². The standard InChI is InChI=1S/C19H20N2O4/c1-13-8-9-14(2)17(10-13)24-12-16(22)11-21-19(23)25-18(20-21)15-6-4-3-5-7-15/h3-10,16,22H,11-12H2,1-2H3. The van der Waals surface area contributed by atoms with Crippen LogP contribution in [0.25, 0.3) is 11.5 Å². The largest absolute Gasteiger partial charge is 0.491 e. The first kappa shape index (κ1) is 17.0. The summed E-state index contributed by atoms with van der Waals surface area (Å²) in [5.74, 6) is 0.342. The van der Waals surface area contributed by atoms with E-state index >= 15 is 0 Å². The van der Waals surface area contributed by atoms with E-state index in [4.69, 9.17) is 9.15 Å². The van der Waals surface area contributed by atoms with E-state index in [-0.39, 0.29) is 19.0 Å².